The number of ether oxygens (including phenoxy) is 1. The lowest BCUT2D eigenvalue weighted by Crippen LogP contribution is -2.33. The van der Waals surface area contributed by atoms with Gasteiger partial charge in [0.05, 0.1) is 28.1 Å². The van der Waals surface area contributed by atoms with Gasteiger partial charge in [-0.15, -0.1) is 0 Å². The van der Waals surface area contributed by atoms with Gasteiger partial charge in [-0.05, 0) is 78.6 Å². The number of esters is 1. The number of Topliss-reactive ketones (excluding diaryl/α,β-unsaturated/α-hetero) is 1. The van der Waals surface area contributed by atoms with Gasteiger partial charge in [0.15, 0.2) is 6.61 Å². The fourth-order valence-electron chi connectivity index (χ4n) is 6.55. The minimum absolute atomic E-state index is 0.153. The van der Waals surface area contributed by atoms with E-state index in [1.54, 1.807) is 12.1 Å². The second-order valence-corrected chi connectivity index (χ2v) is 11.0. The van der Waals surface area contributed by atoms with Gasteiger partial charge >= 0.3 is 5.97 Å². The van der Waals surface area contributed by atoms with Gasteiger partial charge in [-0.1, -0.05) is 53.5 Å². The third-order valence-electron chi connectivity index (χ3n) is 8.17. The van der Waals surface area contributed by atoms with Crippen LogP contribution in [0.4, 0.5) is 5.69 Å². The van der Waals surface area contributed by atoms with Gasteiger partial charge in [0.1, 0.15) is 0 Å². The predicted octanol–water partition coefficient (Wildman–Crippen LogP) is 5.96. The van der Waals surface area contributed by atoms with Crippen LogP contribution in [0, 0.1) is 23.7 Å². The molecule has 1 heterocycles. The predicted molar refractivity (Wildman–Crippen MR) is 142 cm³/mol. The number of carbonyl (C=O) groups is 4. The summed E-state index contributed by atoms with van der Waals surface area (Å²) in [6, 6.07) is 20.8. The highest BCUT2D eigenvalue weighted by molar-refractivity contribution is 6.36. The monoisotopic (exact) mass is 547 g/mol. The topological polar surface area (TPSA) is 80.8 Å². The van der Waals surface area contributed by atoms with E-state index in [9.17, 15) is 19.2 Å². The largest absolute Gasteiger partial charge is 0.454 e. The minimum Gasteiger partial charge on any atom is -0.454 e. The van der Waals surface area contributed by atoms with Crippen molar-refractivity contribution in [2.45, 2.75) is 18.8 Å². The van der Waals surface area contributed by atoms with Crippen LogP contribution in [0.3, 0.4) is 0 Å². The molecule has 1 aliphatic heterocycles. The summed E-state index contributed by atoms with van der Waals surface area (Å²) in [5.41, 5.74) is 2.08. The normalized spacial score (nSPS) is 25.5. The Labute approximate surface area is 229 Å². The standard InChI is InChI=1S/C30H23Cl2NO5/c31-19-8-11-21(24(32)14-19)25(34)15-38-30(37)17-6-9-20(10-7-17)33-28(35)26-18-12-22(16-4-2-1-3-5-16)23(13-18)27(26)29(33)36/h1-11,14,18,22-23,26-27H,12-13,15H2/t18-,22+,23+,26+,27+/m0/s1. The van der Waals surface area contributed by atoms with Gasteiger partial charge in [0, 0.05) is 10.6 Å². The first kappa shape index (κ1) is 24.8. The second kappa shape index (κ2) is 9.68. The Morgan fingerprint density at radius 1 is 0.868 bits per heavy atom. The second-order valence-electron chi connectivity index (χ2n) is 10.1. The zero-order valence-corrected chi connectivity index (χ0v) is 21.7. The molecule has 3 fully saturated rings. The number of imide groups is 1. The molecule has 5 atom stereocenters. The van der Waals surface area contributed by atoms with E-state index in [4.69, 9.17) is 27.9 Å². The summed E-state index contributed by atoms with van der Waals surface area (Å²) in [4.78, 5) is 53.1. The van der Waals surface area contributed by atoms with E-state index in [1.807, 2.05) is 18.2 Å². The van der Waals surface area contributed by atoms with Crippen LogP contribution in [-0.4, -0.2) is 30.2 Å². The molecule has 2 aliphatic carbocycles. The lowest BCUT2D eigenvalue weighted by atomic mass is 9.73. The number of carbonyl (C=O) groups excluding carboxylic acids is 4. The number of halogens is 2. The van der Waals surface area contributed by atoms with Crippen molar-refractivity contribution in [3.63, 3.8) is 0 Å². The number of benzene rings is 3. The Hall–Kier alpha value is -3.48. The highest BCUT2D eigenvalue weighted by atomic mass is 35.5. The van der Waals surface area contributed by atoms with Crippen molar-refractivity contribution in [3.05, 3.63) is 99.5 Å². The van der Waals surface area contributed by atoms with Crippen LogP contribution in [-0.2, 0) is 14.3 Å². The van der Waals surface area contributed by atoms with Crippen molar-refractivity contribution in [1.82, 2.24) is 0 Å². The fraction of sp³-hybridized carbons (Fsp3) is 0.267. The van der Waals surface area contributed by atoms with Crippen molar-refractivity contribution in [3.8, 4) is 0 Å². The molecule has 0 aromatic heterocycles. The molecule has 2 amide bonds. The Morgan fingerprint density at radius 3 is 2.29 bits per heavy atom. The summed E-state index contributed by atoms with van der Waals surface area (Å²) in [5, 5.41) is 0.571. The number of rotatable bonds is 6. The summed E-state index contributed by atoms with van der Waals surface area (Å²) < 4.78 is 5.16. The molecule has 2 saturated carbocycles. The molecule has 0 radical (unpaired) electrons. The molecule has 0 N–H and O–H groups in total. The molecular formula is C30H23Cl2NO5. The van der Waals surface area contributed by atoms with Gasteiger partial charge in [-0.25, -0.2) is 4.79 Å². The summed E-state index contributed by atoms with van der Waals surface area (Å²) in [6.07, 6.45) is 1.83. The van der Waals surface area contributed by atoms with E-state index >= 15 is 0 Å². The number of amides is 2. The van der Waals surface area contributed by atoms with Crippen molar-refractivity contribution in [2.75, 3.05) is 11.5 Å². The Balaban J connectivity index is 1.13. The molecule has 3 aromatic rings. The molecule has 0 unspecified atom stereocenters. The van der Waals surface area contributed by atoms with E-state index < -0.39 is 18.4 Å². The Morgan fingerprint density at radius 2 is 1.58 bits per heavy atom. The third-order valence-corrected chi connectivity index (χ3v) is 8.72. The number of hydrogen-bond acceptors (Lipinski definition) is 5. The molecule has 8 heteroatoms. The molecule has 3 aliphatic rings. The number of hydrogen-bond donors (Lipinski definition) is 0. The van der Waals surface area contributed by atoms with Gasteiger partial charge in [-0.3, -0.25) is 19.3 Å². The number of anilines is 1. The van der Waals surface area contributed by atoms with E-state index in [-0.39, 0.29) is 51.6 Å². The first-order chi connectivity index (χ1) is 18.3. The van der Waals surface area contributed by atoms with Gasteiger partial charge in [0.25, 0.3) is 0 Å². The summed E-state index contributed by atoms with van der Waals surface area (Å²) in [5.74, 6) is -1.39. The van der Waals surface area contributed by atoms with Crippen molar-refractivity contribution < 1.29 is 23.9 Å². The van der Waals surface area contributed by atoms with E-state index in [2.05, 4.69) is 12.1 Å². The number of ketones is 1. The molecular weight excluding hydrogens is 525 g/mol. The van der Waals surface area contributed by atoms with Crippen LogP contribution in [0.5, 0.6) is 0 Å². The number of nitrogens with zero attached hydrogens (tertiary/aromatic N) is 1. The maximum absolute atomic E-state index is 13.5. The SMILES string of the molecule is O=C(OCC(=O)c1ccc(Cl)cc1Cl)c1ccc(N2C(=O)[C@@H]3[C@@H]4C[C@@H]([C@H]3C2=O)[C@@H](c2ccccc2)C4)cc1. The zero-order chi connectivity index (χ0) is 26.6. The maximum atomic E-state index is 13.5. The first-order valence-corrected chi connectivity index (χ1v) is 13.3. The van der Waals surface area contributed by atoms with E-state index in [0.29, 0.717) is 16.6 Å². The minimum atomic E-state index is -0.699. The van der Waals surface area contributed by atoms with Crippen LogP contribution in [0.15, 0.2) is 72.8 Å². The van der Waals surface area contributed by atoms with Crippen LogP contribution in [0.25, 0.3) is 0 Å². The molecule has 0 spiro atoms. The smallest absolute Gasteiger partial charge is 0.338 e. The third kappa shape index (κ3) is 4.12. The van der Waals surface area contributed by atoms with Crippen molar-refractivity contribution in [1.29, 1.82) is 0 Å². The van der Waals surface area contributed by atoms with Gasteiger partial charge < -0.3 is 4.74 Å². The van der Waals surface area contributed by atoms with Crippen LogP contribution in [0.2, 0.25) is 10.0 Å². The molecule has 6 nitrogen and oxygen atoms in total. The lowest BCUT2D eigenvalue weighted by Gasteiger charge is -2.28. The molecule has 6 rings (SSSR count). The first-order valence-electron chi connectivity index (χ1n) is 12.5. The molecule has 1 saturated heterocycles. The van der Waals surface area contributed by atoms with Crippen LogP contribution >= 0.6 is 23.2 Å². The van der Waals surface area contributed by atoms with E-state index in [0.717, 1.165) is 12.8 Å². The average molecular weight is 548 g/mol. The molecule has 3 aromatic carbocycles. The lowest BCUT2D eigenvalue weighted by molar-refractivity contribution is -0.123. The number of fused-ring (bicyclic) bond motifs is 5. The Kier molecular flexibility index (Phi) is 6.33. The van der Waals surface area contributed by atoms with Gasteiger partial charge in [0.2, 0.25) is 17.6 Å². The summed E-state index contributed by atoms with van der Waals surface area (Å²) >= 11 is 11.9. The zero-order valence-electron chi connectivity index (χ0n) is 20.2. The fourth-order valence-corrected chi connectivity index (χ4v) is 7.07. The quantitative estimate of drug-likeness (QED) is 0.216. The van der Waals surface area contributed by atoms with E-state index in [1.165, 1.54) is 40.8 Å². The summed E-state index contributed by atoms with van der Waals surface area (Å²) in [7, 11) is 0. The average Bonchev–Trinajstić information content (AvgIpc) is 3.59. The highest BCUT2D eigenvalue weighted by Gasteiger charge is 2.64. The molecule has 38 heavy (non-hydrogen) atoms. The molecule has 192 valence electrons. The maximum Gasteiger partial charge on any atom is 0.338 e. The molecule has 2 bridgehead atoms. The van der Waals surface area contributed by atoms with Crippen molar-refractivity contribution in [2.24, 2.45) is 23.7 Å². The Bertz CT molecular complexity index is 1460. The summed E-state index contributed by atoms with van der Waals surface area (Å²) in [6.45, 7) is -0.486. The van der Waals surface area contributed by atoms with Gasteiger partial charge in [-0.2, -0.15) is 0 Å². The highest BCUT2D eigenvalue weighted by Crippen LogP contribution is 2.61. The van der Waals surface area contributed by atoms with Crippen molar-refractivity contribution >= 4 is 52.5 Å². The van der Waals surface area contributed by atoms with Crippen LogP contribution < -0.4 is 4.90 Å². The van der Waals surface area contributed by atoms with Crippen LogP contribution in [0.1, 0.15) is 45.0 Å².